The largest absolute Gasteiger partial charge is 0.391 e. The molecule has 94 valence electrons. The second-order valence-corrected chi connectivity index (χ2v) is 5.40. The summed E-state index contributed by atoms with van der Waals surface area (Å²) in [5.41, 5.74) is 1.56. The minimum atomic E-state index is -0.505. The zero-order valence-corrected chi connectivity index (χ0v) is 11.9. The van der Waals surface area contributed by atoms with E-state index in [1.807, 2.05) is 32.9 Å². The zero-order valence-electron chi connectivity index (χ0n) is 10.3. The Morgan fingerprint density at radius 2 is 2.12 bits per heavy atom. The van der Waals surface area contributed by atoms with E-state index in [0.29, 0.717) is 5.56 Å². The van der Waals surface area contributed by atoms with Gasteiger partial charge < -0.3 is 10.4 Å². The van der Waals surface area contributed by atoms with Crippen LogP contribution >= 0.6 is 15.9 Å². The van der Waals surface area contributed by atoms with Gasteiger partial charge in [0.2, 0.25) is 0 Å². The van der Waals surface area contributed by atoms with Gasteiger partial charge in [-0.15, -0.1) is 0 Å². The summed E-state index contributed by atoms with van der Waals surface area (Å²) in [7, 11) is 0. The number of aliphatic hydroxyl groups is 1. The van der Waals surface area contributed by atoms with Crippen LogP contribution in [0.1, 0.15) is 29.8 Å². The zero-order chi connectivity index (χ0) is 13.0. The molecule has 0 spiro atoms. The van der Waals surface area contributed by atoms with Crippen LogP contribution in [0.5, 0.6) is 0 Å². The molecule has 0 aliphatic rings. The lowest BCUT2D eigenvalue weighted by molar-refractivity contribution is 0.0871. The summed E-state index contributed by atoms with van der Waals surface area (Å²) in [5, 5.41) is 12.3. The topological polar surface area (TPSA) is 49.3 Å². The maximum atomic E-state index is 11.9. The number of amides is 1. The number of carbonyl (C=O) groups excluding carboxylic acids is 1. The van der Waals surface area contributed by atoms with Gasteiger partial charge in [0, 0.05) is 16.6 Å². The monoisotopic (exact) mass is 299 g/mol. The fraction of sp³-hybridized carbons (Fsp3) is 0.462. The number of halogens is 1. The minimum absolute atomic E-state index is 0.140. The maximum Gasteiger partial charge on any atom is 0.251 e. The van der Waals surface area contributed by atoms with Crippen molar-refractivity contribution in [2.75, 3.05) is 6.54 Å². The summed E-state index contributed by atoms with van der Waals surface area (Å²) in [6.45, 7) is 6.01. The number of carbonyl (C=O) groups is 1. The summed E-state index contributed by atoms with van der Waals surface area (Å²) in [6, 6.07) is 5.51. The van der Waals surface area contributed by atoms with Gasteiger partial charge in [-0.2, -0.15) is 0 Å². The molecule has 0 saturated carbocycles. The Kier molecular flexibility index (Phi) is 5.15. The number of benzene rings is 1. The SMILES string of the molecule is Cc1cc(Br)ccc1C(=O)NCC(O)C(C)C. The van der Waals surface area contributed by atoms with Crippen LogP contribution in [0.4, 0.5) is 0 Å². The summed E-state index contributed by atoms with van der Waals surface area (Å²) in [5.74, 6) is -0.00369. The van der Waals surface area contributed by atoms with Crippen LogP contribution < -0.4 is 5.32 Å². The van der Waals surface area contributed by atoms with Gasteiger partial charge in [0.1, 0.15) is 0 Å². The Labute approximate surface area is 110 Å². The molecule has 17 heavy (non-hydrogen) atoms. The van der Waals surface area contributed by atoms with Crippen LogP contribution in [0.2, 0.25) is 0 Å². The highest BCUT2D eigenvalue weighted by atomic mass is 79.9. The average molecular weight is 300 g/mol. The van der Waals surface area contributed by atoms with E-state index in [2.05, 4.69) is 21.2 Å². The highest BCUT2D eigenvalue weighted by Crippen LogP contribution is 2.15. The molecule has 0 aliphatic carbocycles. The van der Waals surface area contributed by atoms with Crippen molar-refractivity contribution in [3.8, 4) is 0 Å². The van der Waals surface area contributed by atoms with Gasteiger partial charge in [-0.25, -0.2) is 0 Å². The number of hydrogen-bond donors (Lipinski definition) is 2. The highest BCUT2D eigenvalue weighted by Gasteiger charge is 2.13. The van der Waals surface area contributed by atoms with Crippen molar-refractivity contribution in [2.24, 2.45) is 5.92 Å². The third kappa shape index (κ3) is 4.13. The van der Waals surface area contributed by atoms with Crippen LogP contribution in [0.3, 0.4) is 0 Å². The van der Waals surface area contributed by atoms with Gasteiger partial charge in [0.15, 0.2) is 0 Å². The van der Waals surface area contributed by atoms with Crippen molar-refractivity contribution in [1.29, 1.82) is 0 Å². The fourth-order valence-electron chi connectivity index (χ4n) is 1.41. The molecule has 0 saturated heterocycles. The van der Waals surface area contributed by atoms with Gasteiger partial charge in [0.05, 0.1) is 6.10 Å². The number of aryl methyl sites for hydroxylation is 1. The number of rotatable bonds is 4. The van der Waals surface area contributed by atoms with Gasteiger partial charge in [-0.05, 0) is 36.6 Å². The van der Waals surface area contributed by atoms with Crippen LogP contribution in [-0.2, 0) is 0 Å². The first-order valence-electron chi connectivity index (χ1n) is 5.64. The van der Waals surface area contributed by atoms with Gasteiger partial charge in [-0.1, -0.05) is 29.8 Å². The third-order valence-electron chi connectivity index (χ3n) is 2.67. The minimum Gasteiger partial charge on any atom is -0.391 e. The lowest BCUT2D eigenvalue weighted by Crippen LogP contribution is -2.35. The van der Waals surface area contributed by atoms with Crippen molar-refractivity contribution >= 4 is 21.8 Å². The summed E-state index contributed by atoms with van der Waals surface area (Å²) < 4.78 is 0.953. The molecule has 0 fully saturated rings. The van der Waals surface area contributed by atoms with Gasteiger partial charge in [-0.3, -0.25) is 4.79 Å². The van der Waals surface area contributed by atoms with Crippen molar-refractivity contribution in [3.05, 3.63) is 33.8 Å². The van der Waals surface area contributed by atoms with E-state index in [0.717, 1.165) is 10.0 Å². The smallest absolute Gasteiger partial charge is 0.251 e. The average Bonchev–Trinajstić information content (AvgIpc) is 2.25. The molecule has 1 aromatic carbocycles. The quantitative estimate of drug-likeness (QED) is 0.897. The molecule has 2 N–H and O–H groups in total. The Balaban J connectivity index is 2.64. The van der Waals surface area contributed by atoms with E-state index in [1.165, 1.54) is 0 Å². The molecule has 0 radical (unpaired) electrons. The molecule has 3 nitrogen and oxygen atoms in total. The first kappa shape index (κ1) is 14.2. The molecule has 1 unspecified atom stereocenters. The second kappa shape index (κ2) is 6.17. The van der Waals surface area contributed by atoms with E-state index >= 15 is 0 Å². The van der Waals surface area contributed by atoms with E-state index in [-0.39, 0.29) is 18.4 Å². The highest BCUT2D eigenvalue weighted by molar-refractivity contribution is 9.10. The molecule has 0 aliphatic heterocycles. The van der Waals surface area contributed by atoms with Crippen molar-refractivity contribution in [2.45, 2.75) is 26.9 Å². The van der Waals surface area contributed by atoms with Gasteiger partial charge >= 0.3 is 0 Å². The molecule has 0 aromatic heterocycles. The summed E-state index contributed by atoms with van der Waals surface area (Å²) in [4.78, 5) is 11.9. The Morgan fingerprint density at radius 1 is 1.47 bits per heavy atom. The van der Waals surface area contributed by atoms with Crippen LogP contribution in [0, 0.1) is 12.8 Å². The van der Waals surface area contributed by atoms with Crippen molar-refractivity contribution < 1.29 is 9.90 Å². The van der Waals surface area contributed by atoms with E-state index in [1.54, 1.807) is 6.07 Å². The molecule has 1 atom stereocenters. The molecule has 0 bridgehead atoms. The van der Waals surface area contributed by atoms with E-state index < -0.39 is 6.10 Å². The summed E-state index contributed by atoms with van der Waals surface area (Å²) >= 11 is 3.35. The molecule has 0 heterocycles. The molecule has 1 amide bonds. The first-order valence-corrected chi connectivity index (χ1v) is 6.43. The number of nitrogens with one attached hydrogen (secondary N) is 1. The molecular weight excluding hydrogens is 282 g/mol. The molecule has 4 heteroatoms. The first-order chi connectivity index (χ1) is 7.91. The summed E-state index contributed by atoms with van der Waals surface area (Å²) in [6.07, 6.45) is -0.505. The number of hydrogen-bond acceptors (Lipinski definition) is 2. The van der Waals surface area contributed by atoms with Crippen molar-refractivity contribution in [1.82, 2.24) is 5.32 Å². The molecule has 1 aromatic rings. The fourth-order valence-corrected chi connectivity index (χ4v) is 1.89. The second-order valence-electron chi connectivity index (χ2n) is 4.48. The third-order valence-corrected chi connectivity index (χ3v) is 3.17. The van der Waals surface area contributed by atoms with Crippen molar-refractivity contribution in [3.63, 3.8) is 0 Å². The normalized spacial score (nSPS) is 12.6. The molecule has 1 rings (SSSR count). The van der Waals surface area contributed by atoms with Crippen LogP contribution in [0.25, 0.3) is 0 Å². The van der Waals surface area contributed by atoms with Crippen LogP contribution in [-0.4, -0.2) is 23.7 Å². The van der Waals surface area contributed by atoms with E-state index in [9.17, 15) is 9.90 Å². The predicted molar refractivity (Wildman–Crippen MR) is 72.1 cm³/mol. The predicted octanol–water partition coefficient (Wildman–Crippen LogP) is 2.50. The lowest BCUT2D eigenvalue weighted by Gasteiger charge is -2.15. The standard InChI is InChI=1S/C13H18BrNO2/c1-8(2)12(16)7-15-13(17)11-5-4-10(14)6-9(11)3/h4-6,8,12,16H,7H2,1-3H3,(H,15,17). The van der Waals surface area contributed by atoms with Crippen LogP contribution in [0.15, 0.2) is 22.7 Å². The number of aliphatic hydroxyl groups excluding tert-OH is 1. The Morgan fingerprint density at radius 3 is 2.65 bits per heavy atom. The maximum absolute atomic E-state index is 11.9. The lowest BCUT2D eigenvalue weighted by atomic mass is 10.1. The Bertz CT molecular complexity index is 404. The van der Waals surface area contributed by atoms with E-state index in [4.69, 9.17) is 0 Å². The Hall–Kier alpha value is -0.870. The molecular formula is C13H18BrNO2. The van der Waals surface area contributed by atoms with Gasteiger partial charge in [0.25, 0.3) is 5.91 Å².